The monoisotopic (exact) mass is 195 g/mol. The van der Waals surface area contributed by atoms with Gasteiger partial charge in [0.25, 0.3) is 0 Å². The van der Waals surface area contributed by atoms with Crippen LogP contribution in [0.5, 0.6) is 0 Å². The second kappa shape index (κ2) is 2.35. The van der Waals surface area contributed by atoms with Gasteiger partial charge in [-0.25, -0.2) is 9.97 Å². The molecule has 3 aliphatic rings. The molecular formula is C9H10ClN3. The Morgan fingerprint density at radius 3 is 2.77 bits per heavy atom. The summed E-state index contributed by atoms with van der Waals surface area (Å²) in [7, 11) is 0. The van der Waals surface area contributed by atoms with Gasteiger partial charge >= 0.3 is 0 Å². The maximum atomic E-state index is 5.69. The minimum absolute atomic E-state index is 0.316. The number of nitrogens with zero attached hydrogens (tertiary/aromatic N) is 2. The van der Waals surface area contributed by atoms with Crippen LogP contribution in [0.3, 0.4) is 0 Å². The lowest BCUT2D eigenvalue weighted by molar-refractivity contribution is 0.00181. The summed E-state index contributed by atoms with van der Waals surface area (Å²) in [6.07, 6.45) is 5.58. The summed E-state index contributed by atoms with van der Waals surface area (Å²) in [6.45, 7) is 0. The van der Waals surface area contributed by atoms with Crippen LogP contribution < -0.4 is 5.32 Å². The van der Waals surface area contributed by atoms with Gasteiger partial charge in [0.15, 0.2) is 0 Å². The normalized spacial score (nSPS) is 34.7. The summed E-state index contributed by atoms with van der Waals surface area (Å²) in [4.78, 5) is 7.95. The zero-order chi connectivity index (χ0) is 8.89. The van der Waals surface area contributed by atoms with Gasteiger partial charge in [0, 0.05) is 11.7 Å². The number of halogens is 1. The SMILES string of the molecule is Clc1nccc(NC23CC(C2)C3)n1. The lowest BCUT2D eigenvalue weighted by Crippen LogP contribution is -2.63. The Bertz CT molecular complexity index is 335. The average Bonchev–Trinajstić information content (AvgIpc) is 1.95. The van der Waals surface area contributed by atoms with Crippen LogP contribution in [0, 0.1) is 5.92 Å². The topological polar surface area (TPSA) is 37.8 Å². The minimum atomic E-state index is 0.316. The van der Waals surface area contributed by atoms with Crippen molar-refractivity contribution in [2.75, 3.05) is 5.32 Å². The third-order valence-electron chi connectivity index (χ3n) is 3.06. The summed E-state index contributed by atoms with van der Waals surface area (Å²) in [6, 6.07) is 1.87. The first kappa shape index (κ1) is 7.56. The fourth-order valence-electron chi connectivity index (χ4n) is 2.31. The molecule has 0 saturated heterocycles. The maximum absolute atomic E-state index is 5.69. The molecule has 3 saturated carbocycles. The van der Waals surface area contributed by atoms with E-state index in [1.807, 2.05) is 6.07 Å². The number of aromatic nitrogens is 2. The first-order valence-corrected chi connectivity index (χ1v) is 4.90. The Morgan fingerprint density at radius 1 is 1.46 bits per heavy atom. The molecule has 3 fully saturated rings. The van der Waals surface area contributed by atoms with E-state index >= 15 is 0 Å². The largest absolute Gasteiger partial charge is 0.364 e. The van der Waals surface area contributed by atoms with E-state index in [1.54, 1.807) is 6.20 Å². The molecule has 3 nitrogen and oxygen atoms in total. The van der Waals surface area contributed by atoms with Crippen molar-refractivity contribution < 1.29 is 0 Å². The first-order chi connectivity index (χ1) is 6.26. The number of anilines is 1. The zero-order valence-electron chi connectivity index (χ0n) is 7.13. The minimum Gasteiger partial charge on any atom is -0.364 e. The fraction of sp³-hybridized carbons (Fsp3) is 0.556. The van der Waals surface area contributed by atoms with Crippen molar-refractivity contribution in [3.8, 4) is 0 Å². The molecule has 1 heterocycles. The molecule has 0 unspecified atom stereocenters. The van der Waals surface area contributed by atoms with Crippen molar-refractivity contribution in [1.82, 2.24) is 9.97 Å². The molecule has 4 heteroatoms. The fourth-order valence-corrected chi connectivity index (χ4v) is 2.46. The van der Waals surface area contributed by atoms with Crippen molar-refractivity contribution >= 4 is 17.4 Å². The predicted octanol–water partition coefficient (Wildman–Crippen LogP) is 2.09. The number of rotatable bonds is 2. The molecule has 0 aromatic carbocycles. The second-order valence-electron chi connectivity index (χ2n) is 4.09. The quantitative estimate of drug-likeness (QED) is 0.735. The molecule has 1 N–H and O–H groups in total. The van der Waals surface area contributed by atoms with Crippen molar-refractivity contribution in [2.45, 2.75) is 24.8 Å². The summed E-state index contributed by atoms with van der Waals surface area (Å²) in [5.74, 6) is 1.84. The summed E-state index contributed by atoms with van der Waals surface area (Å²) in [5.41, 5.74) is 0.363. The highest BCUT2D eigenvalue weighted by Gasteiger charge is 2.56. The third-order valence-corrected chi connectivity index (χ3v) is 3.24. The van der Waals surface area contributed by atoms with E-state index in [9.17, 15) is 0 Å². The Balaban J connectivity index is 1.78. The van der Waals surface area contributed by atoms with Crippen LogP contribution in [-0.2, 0) is 0 Å². The van der Waals surface area contributed by atoms with Crippen molar-refractivity contribution in [1.29, 1.82) is 0 Å². The Kier molecular flexibility index (Phi) is 1.37. The van der Waals surface area contributed by atoms with E-state index in [-0.39, 0.29) is 0 Å². The molecule has 0 radical (unpaired) electrons. The van der Waals surface area contributed by atoms with Gasteiger partial charge in [0.2, 0.25) is 5.28 Å². The average molecular weight is 196 g/mol. The van der Waals surface area contributed by atoms with Gasteiger partial charge in [-0.3, -0.25) is 0 Å². The van der Waals surface area contributed by atoms with E-state index in [0.717, 1.165) is 11.7 Å². The first-order valence-electron chi connectivity index (χ1n) is 4.53. The molecule has 4 rings (SSSR count). The van der Waals surface area contributed by atoms with Crippen molar-refractivity contribution in [3.05, 3.63) is 17.5 Å². The Morgan fingerprint density at radius 2 is 2.23 bits per heavy atom. The number of hydrogen-bond acceptors (Lipinski definition) is 3. The molecule has 1 aromatic heterocycles. The molecule has 0 aliphatic heterocycles. The van der Waals surface area contributed by atoms with Gasteiger partial charge < -0.3 is 5.32 Å². The van der Waals surface area contributed by atoms with Crippen LogP contribution >= 0.6 is 11.6 Å². The Hall–Kier alpha value is -0.830. The molecule has 13 heavy (non-hydrogen) atoms. The summed E-state index contributed by atoms with van der Waals surface area (Å²) in [5, 5.41) is 3.74. The molecule has 3 aliphatic carbocycles. The summed E-state index contributed by atoms with van der Waals surface area (Å²) >= 11 is 5.69. The predicted molar refractivity (Wildman–Crippen MR) is 50.7 cm³/mol. The molecule has 2 bridgehead atoms. The van der Waals surface area contributed by atoms with E-state index in [0.29, 0.717) is 10.8 Å². The third kappa shape index (κ3) is 1.10. The standard InChI is InChI=1S/C9H10ClN3/c10-8-11-2-1-7(12-8)13-9-3-6(4-9)5-9/h1-2,6H,3-5H2,(H,11,12,13). The van der Waals surface area contributed by atoms with Crippen LogP contribution in [0.1, 0.15) is 19.3 Å². The van der Waals surface area contributed by atoms with Gasteiger partial charge in [-0.15, -0.1) is 0 Å². The van der Waals surface area contributed by atoms with Gasteiger partial charge in [0.05, 0.1) is 0 Å². The van der Waals surface area contributed by atoms with Crippen LogP contribution in [0.2, 0.25) is 5.28 Å². The second-order valence-corrected chi connectivity index (χ2v) is 4.43. The molecular weight excluding hydrogens is 186 g/mol. The molecule has 68 valence electrons. The highest BCUT2D eigenvalue weighted by Crippen LogP contribution is 2.58. The maximum Gasteiger partial charge on any atom is 0.224 e. The van der Waals surface area contributed by atoms with E-state index < -0.39 is 0 Å². The molecule has 0 spiro atoms. The van der Waals surface area contributed by atoms with E-state index in [4.69, 9.17) is 11.6 Å². The van der Waals surface area contributed by atoms with Gasteiger partial charge in [-0.2, -0.15) is 0 Å². The zero-order valence-corrected chi connectivity index (χ0v) is 7.88. The molecule has 0 atom stereocenters. The number of nitrogens with one attached hydrogen (secondary N) is 1. The van der Waals surface area contributed by atoms with Crippen molar-refractivity contribution in [3.63, 3.8) is 0 Å². The molecule has 1 aromatic rings. The van der Waals surface area contributed by atoms with Gasteiger partial charge in [-0.05, 0) is 42.8 Å². The van der Waals surface area contributed by atoms with Gasteiger partial charge in [-0.1, -0.05) is 0 Å². The Labute approximate surface area is 81.5 Å². The molecule has 0 amide bonds. The smallest absolute Gasteiger partial charge is 0.224 e. The highest BCUT2D eigenvalue weighted by molar-refractivity contribution is 6.28. The van der Waals surface area contributed by atoms with E-state index in [2.05, 4.69) is 15.3 Å². The van der Waals surface area contributed by atoms with Crippen LogP contribution in [0.4, 0.5) is 5.82 Å². The lowest BCUT2D eigenvalue weighted by Gasteiger charge is -2.62. The van der Waals surface area contributed by atoms with Crippen LogP contribution in [0.15, 0.2) is 12.3 Å². The van der Waals surface area contributed by atoms with Crippen LogP contribution in [0.25, 0.3) is 0 Å². The van der Waals surface area contributed by atoms with Gasteiger partial charge in [0.1, 0.15) is 5.82 Å². The lowest BCUT2D eigenvalue weighted by atomic mass is 9.50. The summed E-state index contributed by atoms with van der Waals surface area (Å²) < 4.78 is 0. The van der Waals surface area contributed by atoms with Crippen LogP contribution in [-0.4, -0.2) is 15.5 Å². The highest BCUT2D eigenvalue weighted by atomic mass is 35.5. The van der Waals surface area contributed by atoms with E-state index in [1.165, 1.54) is 19.3 Å². The van der Waals surface area contributed by atoms with Crippen molar-refractivity contribution in [2.24, 2.45) is 5.92 Å². The number of hydrogen-bond donors (Lipinski definition) is 1.